The molecule has 4 fully saturated rings. The van der Waals surface area contributed by atoms with Gasteiger partial charge in [0, 0.05) is 38.4 Å². The zero-order chi connectivity index (χ0) is 21.1. The third kappa shape index (κ3) is 3.08. The first-order chi connectivity index (χ1) is 13.6. The minimum atomic E-state index is -0.433. The Morgan fingerprint density at radius 1 is 1.00 bits per heavy atom. The molecule has 4 rings (SSSR count). The minimum Gasteiger partial charge on any atom is -0.462 e. The van der Waals surface area contributed by atoms with E-state index < -0.39 is 5.60 Å². The molecular weight excluding hydrogens is 372 g/mol. The van der Waals surface area contributed by atoms with Gasteiger partial charge < -0.3 is 23.7 Å². The molecule has 0 bridgehead atoms. The molecule has 2 spiro atoms. The smallest absolute Gasteiger partial charge is 0.302 e. The van der Waals surface area contributed by atoms with E-state index in [0.717, 1.165) is 44.9 Å². The van der Waals surface area contributed by atoms with E-state index in [1.54, 1.807) is 14.2 Å². The summed E-state index contributed by atoms with van der Waals surface area (Å²) in [5, 5.41) is 0. The van der Waals surface area contributed by atoms with Crippen molar-refractivity contribution in [3.8, 4) is 0 Å². The fraction of sp³-hybridized carbons (Fsp3) is 0.957. The Morgan fingerprint density at radius 3 is 2.41 bits per heavy atom. The van der Waals surface area contributed by atoms with Crippen molar-refractivity contribution in [2.75, 3.05) is 14.2 Å². The molecule has 2 saturated heterocycles. The molecule has 0 aromatic heterocycles. The van der Waals surface area contributed by atoms with Gasteiger partial charge in [0.25, 0.3) is 0 Å². The Kier molecular flexibility index (Phi) is 5.33. The summed E-state index contributed by atoms with van der Waals surface area (Å²) in [6.45, 7) is 8.51. The topological polar surface area (TPSA) is 63.2 Å². The highest BCUT2D eigenvalue weighted by Gasteiger charge is 2.69. The van der Waals surface area contributed by atoms with Crippen LogP contribution in [0.15, 0.2) is 0 Å². The average molecular weight is 411 g/mol. The van der Waals surface area contributed by atoms with Crippen molar-refractivity contribution in [3.05, 3.63) is 0 Å². The second kappa shape index (κ2) is 7.18. The number of hydrogen-bond acceptors (Lipinski definition) is 6. The summed E-state index contributed by atoms with van der Waals surface area (Å²) in [4.78, 5) is 11.7. The standard InChI is InChI=1S/C23H38O6/c1-15(24)27-17-9-11-21(4)16(20(17,2)3)8-7-10-23(21)13-12-22(29-23)14-18(25-5)28-19(22)26-6/h16-19H,7-14H2,1-6H3/t16?,17?,18-,19+,21?,22?,23?/m1/s1. The van der Waals surface area contributed by atoms with Gasteiger partial charge in [-0.25, -0.2) is 0 Å². The third-order valence-corrected chi connectivity index (χ3v) is 8.89. The maximum absolute atomic E-state index is 11.7. The molecule has 29 heavy (non-hydrogen) atoms. The van der Waals surface area contributed by atoms with E-state index in [1.807, 2.05) is 0 Å². The van der Waals surface area contributed by atoms with Crippen LogP contribution in [-0.4, -0.2) is 50.1 Å². The Morgan fingerprint density at radius 2 is 1.76 bits per heavy atom. The first-order valence-electron chi connectivity index (χ1n) is 11.2. The van der Waals surface area contributed by atoms with Gasteiger partial charge in [-0.1, -0.05) is 27.2 Å². The first-order valence-corrected chi connectivity index (χ1v) is 11.2. The van der Waals surface area contributed by atoms with Gasteiger partial charge in [-0.2, -0.15) is 0 Å². The van der Waals surface area contributed by atoms with Gasteiger partial charge in [-0.05, 0) is 44.4 Å². The van der Waals surface area contributed by atoms with Gasteiger partial charge in [0.15, 0.2) is 12.6 Å². The van der Waals surface area contributed by atoms with Crippen LogP contribution in [0, 0.1) is 16.7 Å². The van der Waals surface area contributed by atoms with E-state index in [1.165, 1.54) is 6.92 Å². The van der Waals surface area contributed by atoms with E-state index in [4.69, 9.17) is 23.7 Å². The van der Waals surface area contributed by atoms with Crippen LogP contribution in [0.2, 0.25) is 0 Å². The van der Waals surface area contributed by atoms with E-state index in [-0.39, 0.29) is 41.1 Å². The van der Waals surface area contributed by atoms with Crippen LogP contribution in [0.4, 0.5) is 0 Å². The molecule has 2 saturated carbocycles. The molecule has 0 aromatic carbocycles. The molecule has 7 atom stereocenters. The lowest BCUT2D eigenvalue weighted by atomic mass is 9.45. The lowest BCUT2D eigenvalue weighted by molar-refractivity contribution is -0.276. The maximum atomic E-state index is 11.7. The summed E-state index contributed by atoms with van der Waals surface area (Å²) in [6, 6.07) is 0. The number of carbonyl (C=O) groups is 1. The van der Waals surface area contributed by atoms with E-state index >= 15 is 0 Å². The molecule has 2 heterocycles. The molecule has 2 aliphatic heterocycles. The second-order valence-electron chi connectivity index (χ2n) is 10.6. The molecule has 6 heteroatoms. The fourth-order valence-electron chi connectivity index (χ4n) is 7.44. The van der Waals surface area contributed by atoms with Crippen molar-refractivity contribution in [1.29, 1.82) is 0 Å². The SMILES string of the molecule is CO[C@H]1CC2(CCC3(CCCC4C(C)(C)C(OC(C)=O)CCC43C)O2)[C@@H](OC)O1. The number of ether oxygens (including phenoxy) is 5. The normalized spacial score (nSPS) is 48.8. The van der Waals surface area contributed by atoms with Gasteiger partial charge in [0.05, 0.1) is 5.60 Å². The number of methoxy groups -OCH3 is 2. The van der Waals surface area contributed by atoms with Crippen LogP contribution in [0.25, 0.3) is 0 Å². The fourth-order valence-corrected chi connectivity index (χ4v) is 7.44. The summed E-state index contributed by atoms with van der Waals surface area (Å²) < 4.78 is 30.1. The number of carbonyl (C=O) groups excluding carboxylic acids is 1. The maximum Gasteiger partial charge on any atom is 0.302 e. The summed E-state index contributed by atoms with van der Waals surface area (Å²) >= 11 is 0. The summed E-state index contributed by atoms with van der Waals surface area (Å²) in [7, 11) is 3.37. The average Bonchev–Trinajstić information content (AvgIpc) is 3.21. The van der Waals surface area contributed by atoms with Crippen LogP contribution in [0.5, 0.6) is 0 Å². The molecule has 5 unspecified atom stereocenters. The van der Waals surface area contributed by atoms with Crippen molar-refractivity contribution >= 4 is 5.97 Å². The molecule has 0 radical (unpaired) electrons. The Labute approximate surface area is 174 Å². The number of rotatable bonds is 3. The van der Waals surface area contributed by atoms with Crippen molar-refractivity contribution in [1.82, 2.24) is 0 Å². The monoisotopic (exact) mass is 410 g/mol. The Bertz CT molecular complexity index is 649. The van der Waals surface area contributed by atoms with Gasteiger partial charge in [-0.3, -0.25) is 4.79 Å². The highest BCUT2D eigenvalue weighted by molar-refractivity contribution is 5.66. The number of hydrogen-bond donors (Lipinski definition) is 0. The Hall–Kier alpha value is -0.690. The first kappa shape index (κ1) is 21.5. The highest BCUT2D eigenvalue weighted by atomic mass is 16.8. The third-order valence-electron chi connectivity index (χ3n) is 8.89. The van der Waals surface area contributed by atoms with E-state index in [2.05, 4.69) is 20.8 Å². The van der Waals surface area contributed by atoms with Gasteiger partial charge in [-0.15, -0.1) is 0 Å². The highest BCUT2D eigenvalue weighted by Crippen LogP contribution is 2.67. The van der Waals surface area contributed by atoms with Crippen molar-refractivity contribution < 1.29 is 28.5 Å². The summed E-state index contributed by atoms with van der Waals surface area (Å²) in [5.74, 6) is 0.267. The number of esters is 1. The van der Waals surface area contributed by atoms with Crippen molar-refractivity contribution in [2.24, 2.45) is 16.7 Å². The summed E-state index contributed by atoms with van der Waals surface area (Å²) in [5.41, 5.74) is -0.653. The van der Waals surface area contributed by atoms with Crippen LogP contribution in [-0.2, 0) is 28.5 Å². The number of fused-ring (bicyclic) bond motifs is 2. The van der Waals surface area contributed by atoms with Crippen molar-refractivity contribution in [3.63, 3.8) is 0 Å². The Balaban J connectivity index is 1.64. The predicted molar refractivity (Wildman–Crippen MR) is 107 cm³/mol. The van der Waals surface area contributed by atoms with E-state index in [9.17, 15) is 4.79 Å². The van der Waals surface area contributed by atoms with Crippen LogP contribution < -0.4 is 0 Å². The molecule has 6 nitrogen and oxygen atoms in total. The second-order valence-corrected chi connectivity index (χ2v) is 10.6. The molecule has 0 aromatic rings. The van der Waals surface area contributed by atoms with Crippen molar-refractivity contribution in [2.45, 2.75) is 109 Å². The van der Waals surface area contributed by atoms with Crippen LogP contribution in [0.1, 0.15) is 79.1 Å². The van der Waals surface area contributed by atoms with Crippen LogP contribution in [0.3, 0.4) is 0 Å². The predicted octanol–water partition coefficient (Wildman–Crippen LogP) is 4.20. The molecule has 166 valence electrons. The van der Waals surface area contributed by atoms with E-state index in [0.29, 0.717) is 12.3 Å². The lowest BCUT2D eigenvalue weighted by Gasteiger charge is -2.63. The van der Waals surface area contributed by atoms with Gasteiger partial charge in [0.1, 0.15) is 11.7 Å². The molecule has 0 amide bonds. The molecule has 0 N–H and O–H groups in total. The van der Waals surface area contributed by atoms with Crippen LogP contribution >= 0.6 is 0 Å². The molecule has 2 aliphatic carbocycles. The lowest BCUT2D eigenvalue weighted by Crippen LogP contribution is -2.63. The minimum absolute atomic E-state index is 0.0250. The largest absolute Gasteiger partial charge is 0.462 e. The van der Waals surface area contributed by atoms with Gasteiger partial charge in [0.2, 0.25) is 0 Å². The molecule has 4 aliphatic rings. The van der Waals surface area contributed by atoms with Gasteiger partial charge >= 0.3 is 5.97 Å². The zero-order valence-electron chi connectivity index (χ0n) is 18.9. The quantitative estimate of drug-likeness (QED) is 0.650. The summed E-state index contributed by atoms with van der Waals surface area (Å²) in [6.07, 6.45) is 7.25. The zero-order valence-corrected chi connectivity index (χ0v) is 18.9. The molecular formula is C23H38O6.